The molecule has 0 unspecified atom stereocenters. The first-order valence-electron chi connectivity index (χ1n) is 9.56. The van der Waals surface area contributed by atoms with Gasteiger partial charge in [0.05, 0.1) is 17.1 Å². The second kappa shape index (κ2) is 6.15. The van der Waals surface area contributed by atoms with Crippen molar-refractivity contribution < 1.29 is 9.53 Å². The van der Waals surface area contributed by atoms with E-state index in [4.69, 9.17) is 9.72 Å². The number of rotatable bonds is 3. The Bertz CT molecular complexity index is 997. The molecule has 2 heterocycles. The second-order valence-electron chi connectivity index (χ2n) is 8.03. The molecule has 27 heavy (non-hydrogen) atoms. The van der Waals surface area contributed by atoms with Crippen LogP contribution in [0.4, 0.5) is 4.79 Å². The number of aromatic nitrogens is 2. The molecule has 5 nitrogen and oxygen atoms in total. The maximum Gasteiger partial charge on any atom is 0.410 e. The van der Waals surface area contributed by atoms with Gasteiger partial charge in [0.15, 0.2) is 0 Å². The van der Waals surface area contributed by atoms with E-state index >= 15 is 0 Å². The summed E-state index contributed by atoms with van der Waals surface area (Å²) < 4.78 is 5.62. The fourth-order valence-corrected chi connectivity index (χ4v) is 4.13. The molecule has 1 saturated heterocycles. The van der Waals surface area contributed by atoms with Crippen LogP contribution in [0.3, 0.4) is 0 Å². The topological polar surface area (TPSA) is 58.2 Å². The van der Waals surface area contributed by atoms with Gasteiger partial charge in [0.2, 0.25) is 0 Å². The fraction of sp³-hybridized carbons (Fsp3) is 0.333. The molecule has 6 heteroatoms. The number of nitrogens with one attached hydrogen (secondary N) is 1. The number of imidazole rings is 1. The van der Waals surface area contributed by atoms with Crippen molar-refractivity contribution in [3.63, 3.8) is 0 Å². The number of hydrogen-bond acceptors (Lipinski definition) is 3. The molecule has 1 aromatic heterocycles. The van der Waals surface area contributed by atoms with Gasteiger partial charge in [-0.1, -0.05) is 41.9 Å². The lowest BCUT2D eigenvalue weighted by Crippen LogP contribution is -2.32. The number of benzene rings is 2. The monoisotopic (exact) mass is 359 g/mol. The molecule has 1 N–H and O–H groups in total. The van der Waals surface area contributed by atoms with Crippen LogP contribution in [0.1, 0.15) is 36.7 Å². The maximum absolute atomic E-state index is 12.8. The molecule has 1 amide bonds. The van der Waals surface area contributed by atoms with Crippen molar-refractivity contribution in [2.45, 2.75) is 31.9 Å². The molecule has 1 aliphatic carbocycles. The normalized spacial score (nSPS) is 20.3. The Morgan fingerprint density at radius 2 is 2.07 bits per heavy atom. The number of nitrogens with zero attached hydrogens (tertiary/aromatic N) is 2. The van der Waals surface area contributed by atoms with Crippen molar-refractivity contribution in [1.29, 1.82) is 0 Å². The lowest BCUT2D eigenvalue weighted by molar-refractivity contribution is 0.0899. The first-order valence-corrected chi connectivity index (χ1v) is 9.56. The predicted octanol–water partition coefficient (Wildman–Crippen LogP) is 2.69. The predicted molar refractivity (Wildman–Crippen MR) is 107 cm³/mol. The van der Waals surface area contributed by atoms with Crippen LogP contribution in [0.25, 0.3) is 11.0 Å². The molecule has 2 aliphatic rings. The first kappa shape index (κ1) is 16.4. The zero-order valence-electron chi connectivity index (χ0n) is 15.4. The molecular weight excluding hydrogens is 337 g/mol. The molecule has 1 aliphatic heterocycles. The Labute approximate surface area is 159 Å². The van der Waals surface area contributed by atoms with Crippen LogP contribution in [0.5, 0.6) is 0 Å². The van der Waals surface area contributed by atoms with Crippen LogP contribution in [0.15, 0.2) is 48.5 Å². The van der Waals surface area contributed by atoms with Crippen molar-refractivity contribution in [3.8, 4) is 0 Å². The van der Waals surface area contributed by atoms with E-state index in [9.17, 15) is 4.79 Å². The fourth-order valence-electron chi connectivity index (χ4n) is 4.13. The lowest BCUT2D eigenvalue weighted by atomic mass is 9.96. The number of fused-ring (bicyclic) bond motifs is 1. The number of amides is 1. The summed E-state index contributed by atoms with van der Waals surface area (Å²) in [5, 5.41) is 0. The molecule has 1 atom stereocenters. The maximum atomic E-state index is 12.8. The zero-order valence-corrected chi connectivity index (χ0v) is 15.4. The summed E-state index contributed by atoms with van der Waals surface area (Å²) in [5.74, 6) is 0.871. The summed E-state index contributed by atoms with van der Waals surface area (Å²) in [4.78, 5) is 22.9. The summed E-state index contributed by atoms with van der Waals surface area (Å²) in [6.45, 7) is 1.07. The first-order chi connectivity index (χ1) is 13.1. The van der Waals surface area contributed by atoms with Crippen LogP contribution >= 0.6 is 0 Å². The van der Waals surface area contributed by atoms with Gasteiger partial charge in [0.25, 0.3) is 0 Å². The Kier molecular flexibility index (Phi) is 3.74. The summed E-state index contributed by atoms with van der Waals surface area (Å²) >= 11 is 0. The highest BCUT2D eigenvalue weighted by molar-refractivity contribution is 6.33. The Balaban J connectivity index is 1.38. The third kappa shape index (κ3) is 3.09. The summed E-state index contributed by atoms with van der Waals surface area (Å²) in [5.41, 5.74) is 4.44. The van der Waals surface area contributed by atoms with Crippen molar-refractivity contribution in [1.82, 2.24) is 14.9 Å². The second-order valence-corrected chi connectivity index (χ2v) is 8.03. The SMILES string of the molecule is Bc1ccc2nc([C@@H]3CC4(CC4)CN3C(=O)OCc3ccccc3)[nH]c2c1. The number of likely N-dealkylation sites (tertiary alicyclic amines) is 1. The van der Waals surface area contributed by atoms with Gasteiger partial charge in [0.1, 0.15) is 20.3 Å². The van der Waals surface area contributed by atoms with Gasteiger partial charge in [-0.3, -0.25) is 4.90 Å². The molecular formula is C21H22BN3O2. The Morgan fingerprint density at radius 3 is 2.85 bits per heavy atom. The van der Waals surface area contributed by atoms with E-state index < -0.39 is 0 Å². The minimum absolute atomic E-state index is 0.0384. The van der Waals surface area contributed by atoms with E-state index in [1.54, 1.807) is 0 Å². The summed E-state index contributed by atoms with van der Waals surface area (Å²) in [6.07, 6.45) is 3.09. The molecule has 0 radical (unpaired) electrons. The smallest absolute Gasteiger partial charge is 0.410 e. The molecule has 1 spiro atoms. The standard InChI is InChI=1S/C21H22BN3O2/c22-15-6-7-16-17(10-15)24-19(23-16)18-11-21(8-9-21)13-25(18)20(26)27-12-14-4-2-1-3-5-14/h1-7,10,18H,8-9,11-13,22H2,(H,23,24)/t18-/m0/s1. The lowest BCUT2D eigenvalue weighted by Gasteiger charge is -2.22. The number of carbonyl (C=O) groups excluding carboxylic acids is 1. The number of ether oxygens (including phenoxy) is 1. The van der Waals surface area contributed by atoms with E-state index in [1.165, 1.54) is 18.3 Å². The average Bonchev–Trinajstić information content (AvgIpc) is 3.12. The van der Waals surface area contributed by atoms with Crippen LogP contribution < -0.4 is 5.46 Å². The van der Waals surface area contributed by atoms with Crippen LogP contribution in [-0.4, -0.2) is 35.4 Å². The number of hydrogen-bond donors (Lipinski definition) is 1. The largest absolute Gasteiger partial charge is 0.445 e. The van der Waals surface area contributed by atoms with Crippen molar-refractivity contribution in [2.24, 2.45) is 5.41 Å². The summed E-state index contributed by atoms with van der Waals surface area (Å²) in [7, 11) is 2.07. The quantitative estimate of drug-likeness (QED) is 0.732. The van der Waals surface area contributed by atoms with Gasteiger partial charge in [-0.15, -0.1) is 0 Å². The van der Waals surface area contributed by atoms with Gasteiger partial charge in [-0.05, 0) is 42.4 Å². The van der Waals surface area contributed by atoms with Crippen molar-refractivity contribution in [3.05, 3.63) is 59.9 Å². The zero-order chi connectivity index (χ0) is 18.4. The Hall–Kier alpha value is -2.76. The summed E-state index contributed by atoms with van der Waals surface area (Å²) in [6, 6.07) is 16.0. The van der Waals surface area contributed by atoms with E-state index in [0.717, 1.165) is 35.4 Å². The molecule has 2 fully saturated rings. The number of carbonyl (C=O) groups is 1. The highest BCUT2D eigenvalue weighted by atomic mass is 16.6. The van der Waals surface area contributed by atoms with Gasteiger partial charge < -0.3 is 9.72 Å². The van der Waals surface area contributed by atoms with E-state index in [1.807, 2.05) is 41.3 Å². The van der Waals surface area contributed by atoms with Crippen molar-refractivity contribution in [2.75, 3.05) is 6.54 Å². The molecule has 136 valence electrons. The van der Waals surface area contributed by atoms with Gasteiger partial charge in [0, 0.05) is 6.54 Å². The molecule has 5 rings (SSSR count). The van der Waals surface area contributed by atoms with Gasteiger partial charge >= 0.3 is 6.09 Å². The molecule has 1 saturated carbocycles. The molecule has 3 aromatic rings. The van der Waals surface area contributed by atoms with E-state index in [0.29, 0.717) is 6.61 Å². The average molecular weight is 359 g/mol. The van der Waals surface area contributed by atoms with E-state index in [2.05, 4.69) is 25.0 Å². The van der Waals surface area contributed by atoms with Gasteiger partial charge in [-0.2, -0.15) is 0 Å². The van der Waals surface area contributed by atoms with Crippen molar-refractivity contribution >= 4 is 30.4 Å². The van der Waals surface area contributed by atoms with Crippen LogP contribution in [0, 0.1) is 5.41 Å². The van der Waals surface area contributed by atoms with E-state index in [-0.39, 0.29) is 17.6 Å². The Morgan fingerprint density at radius 1 is 1.26 bits per heavy atom. The third-order valence-electron chi connectivity index (χ3n) is 5.88. The highest BCUT2D eigenvalue weighted by Crippen LogP contribution is 2.58. The molecule has 0 bridgehead atoms. The highest BCUT2D eigenvalue weighted by Gasteiger charge is 2.54. The number of aromatic amines is 1. The van der Waals surface area contributed by atoms with Gasteiger partial charge in [-0.25, -0.2) is 9.78 Å². The third-order valence-corrected chi connectivity index (χ3v) is 5.88. The minimum atomic E-state index is -0.246. The van der Waals surface area contributed by atoms with Crippen LogP contribution in [-0.2, 0) is 11.3 Å². The number of H-pyrrole nitrogens is 1. The van der Waals surface area contributed by atoms with Crippen LogP contribution in [0.2, 0.25) is 0 Å². The molecule has 2 aromatic carbocycles. The minimum Gasteiger partial charge on any atom is -0.445 e.